The normalized spacial score (nSPS) is 17.6. The highest BCUT2D eigenvalue weighted by Crippen LogP contribution is 2.29. The van der Waals surface area contributed by atoms with Gasteiger partial charge in [-0.2, -0.15) is 18.3 Å². The van der Waals surface area contributed by atoms with Gasteiger partial charge in [0.1, 0.15) is 5.82 Å². The van der Waals surface area contributed by atoms with Crippen LogP contribution in [0.25, 0.3) is 0 Å². The highest BCUT2D eigenvalue weighted by atomic mass is 19.4. The molecule has 1 aliphatic rings. The molecule has 0 spiro atoms. The molecule has 1 aliphatic carbocycles. The Labute approximate surface area is 114 Å². The molecule has 0 saturated heterocycles. The number of rotatable bonds is 4. The summed E-state index contributed by atoms with van der Waals surface area (Å²) in [6.45, 7) is 0. The Hall–Kier alpha value is -1.79. The molecule has 1 N–H and O–H groups in total. The zero-order chi connectivity index (χ0) is 14.6. The monoisotopic (exact) mass is 287 g/mol. The van der Waals surface area contributed by atoms with Crippen molar-refractivity contribution in [3.8, 4) is 0 Å². The number of hydrogen-bond donors (Lipinski definition) is 1. The molecule has 0 radical (unpaired) electrons. The van der Waals surface area contributed by atoms with E-state index in [0.717, 1.165) is 31.9 Å². The first-order chi connectivity index (χ1) is 9.48. The van der Waals surface area contributed by atoms with Crippen LogP contribution in [0.1, 0.15) is 38.1 Å². The van der Waals surface area contributed by atoms with Crippen molar-refractivity contribution in [1.82, 2.24) is 9.78 Å². The SMILES string of the molecule is O=C(C=CNc1ccnn1C1CCCCC1)C(F)(F)F. The maximum Gasteiger partial charge on any atom is 0.454 e. The van der Waals surface area contributed by atoms with Crippen molar-refractivity contribution in [1.29, 1.82) is 0 Å². The Bertz CT molecular complexity index is 487. The lowest BCUT2D eigenvalue weighted by atomic mass is 9.96. The van der Waals surface area contributed by atoms with Gasteiger partial charge in [-0.15, -0.1) is 0 Å². The predicted octanol–water partition coefficient (Wildman–Crippen LogP) is 3.45. The van der Waals surface area contributed by atoms with Crippen LogP contribution >= 0.6 is 0 Å². The maximum atomic E-state index is 12.0. The van der Waals surface area contributed by atoms with Crippen LogP contribution < -0.4 is 5.32 Å². The van der Waals surface area contributed by atoms with Crippen molar-refractivity contribution in [3.63, 3.8) is 0 Å². The highest BCUT2D eigenvalue weighted by Gasteiger charge is 2.36. The molecule has 1 heterocycles. The van der Waals surface area contributed by atoms with E-state index in [1.54, 1.807) is 16.9 Å². The van der Waals surface area contributed by atoms with Gasteiger partial charge >= 0.3 is 6.18 Å². The molecule has 20 heavy (non-hydrogen) atoms. The van der Waals surface area contributed by atoms with Gasteiger partial charge in [-0.05, 0) is 12.8 Å². The molecule has 0 aliphatic heterocycles. The average Bonchev–Trinajstić information content (AvgIpc) is 2.87. The van der Waals surface area contributed by atoms with Crippen LogP contribution in [-0.4, -0.2) is 21.7 Å². The van der Waals surface area contributed by atoms with Crippen LogP contribution in [0.15, 0.2) is 24.5 Å². The van der Waals surface area contributed by atoms with Crippen LogP contribution in [0.2, 0.25) is 0 Å². The molecule has 2 rings (SSSR count). The summed E-state index contributed by atoms with van der Waals surface area (Å²) < 4.78 is 37.9. The molecule has 0 unspecified atom stereocenters. The van der Waals surface area contributed by atoms with Gasteiger partial charge in [0.25, 0.3) is 5.78 Å². The molecule has 0 aromatic carbocycles. The summed E-state index contributed by atoms with van der Waals surface area (Å²) >= 11 is 0. The highest BCUT2D eigenvalue weighted by molar-refractivity contribution is 5.94. The number of aromatic nitrogens is 2. The van der Waals surface area contributed by atoms with Gasteiger partial charge in [-0.25, -0.2) is 4.68 Å². The van der Waals surface area contributed by atoms with E-state index < -0.39 is 12.0 Å². The van der Waals surface area contributed by atoms with E-state index in [-0.39, 0.29) is 6.04 Å². The van der Waals surface area contributed by atoms with Crippen molar-refractivity contribution in [2.75, 3.05) is 5.32 Å². The van der Waals surface area contributed by atoms with Crippen molar-refractivity contribution in [2.24, 2.45) is 0 Å². The topological polar surface area (TPSA) is 46.9 Å². The van der Waals surface area contributed by atoms with Crippen molar-refractivity contribution in [2.45, 2.75) is 44.3 Å². The summed E-state index contributed by atoms with van der Waals surface area (Å²) in [5, 5.41) is 6.89. The molecule has 0 amide bonds. The number of carbonyl (C=O) groups excluding carboxylic acids is 1. The van der Waals surface area contributed by atoms with Gasteiger partial charge in [0.05, 0.1) is 12.2 Å². The van der Waals surface area contributed by atoms with Gasteiger partial charge in [-0.3, -0.25) is 4.79 Å². The Kier molecular flexibility index (Phi) is 4.46. The van der Waals surface area contributed by atoms with Gasteiger partial charge in [0.15, 0.2) is 0 Å². The van der Waals surface area contributed by atoms with Gasteiger partial charge < -0.3 is 5.32 Å². The molecule has 1 aromatic rings. The fourth-order valence-corrected chi connectivity index (χ4v) is 2.34. The second kappa shape index (κ2) is 6.11. The van der Waals surface area contributed by atoms with E-state index in [1.165, 1.54) is 6.42 Å². The molecular weight excluding hydrogens is 271 g/mol. The number of anilines is 1. The first-order valence-corrected chi connectivity index (χ1v) is 6.56. The van der Waals surface area contributed by atoms with E-state index in [9.17, 15) is 18.0 Å². The third-order valence-electron chi connectivity index (χ3n) is 3.34. The van der Waals surface area contributed by atoms with E-state index in [0.29, 0.717) is 11.9 Å². The number of allylic oxidation sites excluding steroid dienone is 1. The third-order valence-corrected chi connectivity index (χ3v) is 3.34. The van der Waals surface area contributed by atoms with E-state index in [1.807, 2.05) is 0 Å². The van der Waals surface area contributed by atoms with Gasteiger partial charge in [0, 0.05) is 18.3 Å². The molecule has 0 bridgehead atoms. The lowest BCUT2D eigenvalue weighted by molar-refractivity contribution is -0.165. The lowest BCUT2D eigenvalue weighted by Gasteiger charge is -2.23. The zero-order valence-electron chi connectivity index (χ0n) is 10.9. The van der Waals surface area contributed by atoms with Gasteiger partial charge in [0.2, 0.25) is 0 Å². The fraction of sp³-hybridized carbons (Fsp3) is 0.538. The maximum absolute atomic E-state index is 12.0. The Morgan fingerprint density at radius 3 is 2.70 bits per heavy atom. The van der Waals surface area contributed by atoms with Crippen molar-refractivity contribution >= 4 is 11.6 Å². The largest absolute Gasteiger partial charge is 0.454 e. The smallest absolute Gasteiger partial charge is 0.347 e. The number of halogens is 3. The molecule has 4 nitrogen and oxygen atoms in total. The number of carbonyl (C=O) groups is 1. The first-order valence-electron chi connectivity index (χ1n) is 6.56. The second-order valence-electron chi connectivity index (χ2n) is 4.79. The Balaban J connectivity index is 1.98. The number of nitrogens with one attached hydrogen (secondary N) is 1. The van der Waals surface area contributed by atoms with Crippen LogP contribution in [0.4, 0.5) is 19.0 Å². The molecule has 1 saturated carbocycles. The van der Waals surface area contributed by atoms with Gasteiger partial charge in [-0.1, -0.05) is 19.3 Å². The summed E-state index contributed by atoms with van der Waals surface area (Å²) in [6.07, 6.45) is 3.75. The Morgan fingerprint density at radius 1 is 1.35 bits per heavy atom. The minimum absolute atomic E-state index is 0.271. The minimum atomic E-state index is -4.83. The van der Waals surface area contributed by atoms with Crippen molar-refractivity contribution in [3.05, 3.63) is 24.5 Å². The van der Waals surface area contributed by atoms with E-state index in [4.69, 9.17) is 0 Å². The molecule has 1 fully saturated rings. The molecule has 110 valence electrons. The molecule has 0 atom stereocenters. The fourth-order valence-electron chi connectivity index (χ4n) is 2.34. The summed E-state index contributed by atoms with van der Waals surface area (Å²) in [4.78, 5) is 10.7. The summed E-state index contributed by atoms with van der Waals surface area (Å²) in [5.41, 5.74) is 0. The average molecular weight is 287 g/mol. The van der Waals surface area contributed by atoms with E-state index in [2.05, 4.69) is 10.4 Å². The summed E-state index contributed by atoms with van der Waals surface area (Å²) in [5.74, 6) is -1.28. The summed E-state index contributed by atoms with van der Waals surface area (Å²) in [6, 6.07) is 1.95. The van der Waals surface area contributed by atoms with Crippen LogP contribution in [-0.2, 0) is 4.79 Å². The number of nitrogens with zero attached hydrogens (tertiary/aromatic N) is 2. The molecule has 1 aromatic heterocycles. The number of alkyl halides is 3. The van der Waals surface area contributed by atoms with Crippen molar-refractivity contribution < 1.29 is 18.0 Å². The predicted molar refractivity (Wildman–Crippen MR) is 68.2 cm³/mol. The summed E-state index contributed by atoms with van der Waals surface area (Å²) in [7, 11) is 0. The number of hydrogen-bond acceptors (Lipinski definition) is 3. The standard InChI is InChI=1S/C13H16F3N3O/c14-13(15,16)11(20)6-8-17-12-7-9-18-19(12)10-4-2-1-3-5-10/h6-10,17H,1-5H2. The molecule has 7 heteroatoms. The number of ketones is 1. The molecular formula is C13H16F3N3O. The second-order valence-corrected chi connectivity index (χ2v) is 4.79. The minimum Gasteiger partial charge on any atom is -0.347 e. The van der Waals surface area contributed by atoms with E-state index >= 15 is 0 Å². The lowest BCUT2D eigenvalue weighted by Crippen LogP contribution is -2.20. The first kappa shape index (κ1) is 14.6. The van der Waals surface area contributed by atoms with Crippen LogP contribution in [0.5, 0.6) is 0 Å². The zero-order valence-corrected chi connectivity index (χ0v) is 10.9. The third kappa shape index (κ3) is 3.61. The van der Waals surface area contributed by atoms with Crippen LogP contribution in [0, 0.1) is 0 Å². The quantitative estimate of drug-likeness (QED) is 0.863. The van der Waals surface area contributed by atoms with Crippen LogP contribution in [0.3, 0.4) is 0 Å². The Morgan fingerprint density at radius 2 is 2.05 bits per heavy atom.